The number of benzene rings is 1. The second-order valence-corrected chi connectivity index (χ2v) is 4.77. The molecule has 1 heterocycles. The van der Waals surface area contributed by atoms with Crippen molar-refractivity contribution in [3.8, 4) is 5.75 Å². The average Bonchev–Trinajstić information content (AvgIpc) is 2.65. The first-order valence-electron chi connectivity index (χ1n) is 5.35. The molecule has 5 nitrogen and oxygen atoms in total. The molecule has 0 aliphatic heterocycles. The summed E-state index contributed by atoms with van der Waals surface area (Å²) in [4.78, 5) is 14.0. The van der Waals surface area contributed by atoms with Gasteiger partial charge in [-0.3, -0.25) is 4.79 Å². The first kappa shape index (κ1) is 12.9. The van der Waals surface area contributed by atoms with Crippen molar-refractivity contribution in [2.24, 2.45) is 5.73 Å². The Morgan fingerprint density at radius 1 is 1.61 bits per heavy atom. The van der Waals surface area contributed by atoms with Gasteiger partial charge in [-0.2, -0.15) is 0 Å². The first-order valence-corrected chi connectivity index (χ1v) is 6.14. The van der Waals surface area contributed by atoms with Crippen molar-refractivity contribution in [1.82, 2.24) is 4.98 Å². The Kier molecular flexibility index (Phi) is 3.58. The van der Waals surface area contributed by atoms with Crippen LogP contribution in [0.15, 0.2) is 22.8 Å². The fourth-order valence-electron chi connectivity index (χ4n) is 1.83. The zero-order valence-electron chi connectivity index (χ0n) is 9.74. The molecule has 0 amide bonds. The zero-order chi connectivity index (χ0) is 13.3. The lowest BCUT2D eigenvalue weighted by Gasteiger charge is -2.06. The second-order valence-electron chi connectivity index (χ2n) is 3.98. The summed E-state index contributed by atoms with van der Waals surface area (Å²) in [6.45, 7) is 0. The minimum Gasteiger partial charge on any atom is -0.497 e. The predicted octanol–water partition coefficient (Wildman–Crippen LogP) is 1.89. The van der Waals surface area contributed by atoms with E-state index in [1.54, 1.807) is 7.11 Å². The van der Waals surface area contributed by atoms with Gasteiger partial charge in [0.2, 0.25) is 0 Å². The van der Waals surface area contributed by atoms with E-state index in [1.165, 1.54) is 0 Å². The quantitative estimate of drug-likeness (QED) is 0.804. The lowest BCUT2D eigenvalue weighted by molar-refractivity contribution is -0.138. The summed E-state index contributed by atoms with van der Waals surface area (Å²) in [5.41, 5.74) is 7.33. The van der Waals surface area contributed by atoms with Crippen LogP contribution in [0.5, 0.6) is 5.75 Å². The molecular formula is C12H13BrN2O3. The summed E-state index contributed by atoms with van der Waals surface area (Å²) in [6, 6.07) is 4.66. The third-order valence-corrected chi connectivity index (χ3v) is 3.48. The molecule has 0 fully saturated rings. The Labute approximate surface area is 112 Å². The van der Waals surface area contributed by atoms with E-state index in [-0.39, 0.29) is 6.42 Å². The minimum absolute atomic E-state index is 0.253. The van der Waals surface area contributed by atoms with Crippen LogP contribution in [0.3, 0.4) is 0 Å². The SMILES string of the molecule is COc1ccc2[nH]c(Br)c(CC(N)C(=O)O)c2c1. The van der Waals surface area contributed by atoms with Crippen LogP contribution in [0, 0.1) is 0 Å². The summed E-state index contributed by atoms with van der Waals surface area (Å²) >= 11 is 3.39. The second kappa shape index (κ2) is 4.99. The number of nitrogens with one attached hydrogen (secondary N) is 1. The number of hydrogen-bond donors (Lipinski definition) is 3. The molecule has 1 aromatic carbocycles. The predicted molar refractivity (Wildman–Crippen MR) is 71.9 cm³/mol. The molecular weight excluding hydrogens is 300 g/mol. The zero-order valence-corrected chi connectivity index (χ0v) is 11.3. The molecule has 1 atom stereocenters. The van der Waals surface area contributed by atoms with E-state index >= 15 is 0 Å². The van der Waals surface area contributed by atoms with Crippen LogP contribution in [0.25, 0.3) is 10.9 Å². The van der Waals surface area contributed by atoms with Crippen LogP contribution in [0.1, 0.15) is 5.56 Å². The molecule has 1 unspecified atom stereocenters. The number of rotatable bonds is 4. The van der Waals surface area contributed by atoms with Crippen LogP contribution >= 0.6 is 15.9 Å². The van der Waals surface area contributed by atoms with E-state index in [0.717, 1.165) is 26.8 Å². The highest BCUT2D eigenvalue weighted by Crippen LogP contribution is 2.30. The highest BCUT2D eigenvalue weighted by molar-refractivity contribution is 9.10. The van der Waals surface area contributed by atoms with Crippen LogP contribution in [-0.4, -0.2) is 29.2 Å². The molecule has 0 saturated heterocycles. The number of aromatic nitrogens is 1. The molecule has 0 aliphatic rings. The highest BCUT2D eigenvalue weighted by Gasteiger charge is 2.18. The Balaban J connectivity index is 2.48. The number of methoxy groups -OCH3 is 1. The maximum absolute atomic E-state index is 10.8. The van der Waals surface area contributed by atoms with Gasteiger partial charge in [-0.15, -0.1) is 0 Å². The van der Waals surface area contributed by atoms with Crippen LogP contribution in [0.2, 0.25) is 0 Å². The van der Waals surface area contributed by atoms with E-state index in [0.29, 0.717) is 0 Å². The van der Waals surface area contributed by atoms with Crippen LogP contribution in [0.4, 0.5) is 0 Å². The summed E-state index contributed by atoms with van der Waals surface area (Å²) in [5, 5.41) is 9.78. The lowest BCUT2D eigenvalue weighted by atomic mass is 10.1. The monoisotopic (exact) mass is 312 g/mol. The number of aromatic amines is 1. The number of carboxylic acids is 1. The van der Waals surface area contributed by atoms with E-state index < -0.39 is 12.0 Å². The fourth-order valence-corrected chi connectivity index (χ4v) is 2.42. The third kappa shape index (κ3) is 2.34. The summed E-state index contributed by atoms with van der Waals surface area (Å²) in [7, 11) is 1.59. The lowest BCUT2D eigenvalue weighted by Crippen LogP contribution is -2.32. The van der Waals surface area contributed by atoms with Gasteiger partial charge < -0.3 is 20.6 Å². The summed E-state index contributed by atoms with van der Waals surface area (Å²) in [5.74, 6) is -0.293. The molecule has 0 spiro atoms. The van der Waals surface area contributed by atoms with Gasteiger partial charge in [0.05, 0.1) is 11.7 Å². The van der Waals surface area contributed by atoms with Gasteiger partial charge in [0.25, 0.3) is 0 Å². The van der Waals surface area contributed by atoms with Crippen LogP contribution in [-0.2, 0) is 11.2 Å². The Morgan fingerprint density at radius 3 is 2.94 bits per heavy atom. The van der Waals surface area contributed by atoms with Crippen molar-refractivity contribution in [3.05, 3.63) is 28.4 Å². The van der Waals surface area contributed by atoms with Crippen molar-refractivity contribution >= 4 is 32.8 Å². The first-order chi connectivity index (χ1) is 8.52. The maximum atomic E-state index is 10.8. The molecule has 0 saturated carbocycles. The van der Waals surface area contributed by atoms with E-state index in [9.17, 15) is 4.79 Å². The van der Waals surface area contributed by atoms with Gasteiger partial charge in [-0.25, -0.2) is 0 Å². The van der Waals surface area contributed by atoms with Crippen molar-refractivity contribution in [2.75, 3.05) is 7.11 Å². The standard InChI is InChI=1S/C12H13BrN2O3/c1-18-6-2-3-10-7(4-6)8(11(13)15-10)5-9(14)12(16)17/h2-4,9,15H,5,14H2,1H3,(H,16,17). The number of carbonyl (C=O) groups is 1. The number of nitrogens with two attached hydrogens (primary N) is 1. The summed E-state index contributed by atoms with van der Waals surface area (Å²) < 4.78 is 5.91. The summed E-state index contributed by atoms with van der Waals surface area (Å²) in [6.07, 6.45) is 0.253. The van der Waals surface area contributed by atoms with Gasteiger partial charge in [-0.05, 0) is 39.7 Å². The van der Waals surface area contributed by atoms with Gasteiger partial charge >= 0.3 is 5.97 Å². The Bertz CT molecular complexity index is 594. The largest absolute Gasteiger partial charge is 0.497 e. The number of carboxylic acid groups (broad SMARTS) is 1. The molecule has 0 aliphatic carbocycles. The van der Waals surface area contributed by atoms with Gasteiger partial charge in [0.15, 0.2) is 0 Å². The van der Waals surface area contributed by atoms with Gasteiger partial charge in [0, 0.05) is 17.3 Å². The smallest absolute Gasteiger partial charge is 0.320 e. The maximum Gasteiger partial charge on any atom is 0.320 e. The Hall–Kier alpha value is -1.53. The molecule has 96 valence electrons. The molecule has 18 heavy (non-hydrogen) atoms. The molecule has 2 aromatic rings. The highest BCUT2D eigenvalue weighted by atomic mass is 79.9. The van der Waals surface area contributed by atoms with Crippen molar-refractivity contribution < 1.29 is 14.6 Å². The van der Waals surface area contributed by atoms with Crippen molar-refractivity contribution in [1.29, 1.82) is 0 Å². The third-order valence-electron chi connectivity index (χ3n) is 2.80. The van der Waals surface area contributed by atoms with Crippen molar-refractivity contribution in [2.45, 2.75) is 12.5 Å². The number of hydrogen-bond acceptors (Lipinski definition) is 3. The van der Waals surface area contributed by atoms with Crippen LogP contribution < -0.4 is 10.5 Å². The topological polar surface area (TPSA) is 88.3 Å². The molecule has 2 rings (SSSR count). The fraction of sp³-hybridized carbons (Fsp3) is 0.250. The van der Waals surface area contributed by atoms with Gasteiger partial charge in [-0.1, -0.05) is 0 Å². The van der Waals surface area contributed by atoms with E-state index in [4.69, 9.17) is 15.6 Å². The Morgan fingerprint density at radius 2 is 2.33 bits per heavy atom. The van der Waals surface area contributed by atoms with Gasteiger partial charge in [0.1, 0.15) is 11.8 Å². The minimum atomic E-state index is -1.01. The molecule has 0 bridgehead atoms. The number of ether oxygens (including phenoxy) is 1. The normalized spacial score (nSPS) is 12.6. The molecule has 1 aromatic heterocycles. The van der Waals surface area contributed by atoms with E-state index in [2.05, 4.69) is 20.9 Å². The van der Waals surface area contributed by atoms with Crippen molar-refractivity contribution in [3.63, 3.8) is 0 Å². The number of aliphatic carboxylic acids is 1. The number of fused-ring (bicyclic) bond motifs is 1. The molecule has 4 N–H and O–H groups in total. The molecule has 6 heteroatoms. The van der Waals surface area contributed by atoms with E-state index in [1.807, 2.05) is 18.2 Å². The molecule has 0 radical (unpaired) electrons. The number of H-pyrrole nitrogens is 1. The number of halogens is 1. The average molecular weight is 313 g/mol.